The molecule has 0 aromatic carbocycles. The van der Waals surface area contributed by atoms with Crippen molar-refractivity contribution in [2.24, 2.45) is 0 Å². The smallest absolute Gasteiger partial charge is 0.188 e. The Morgan fingerprint density at radius 2 is 2.36 bits per heavy atom. The van der Waals surface area contributed by atoms with E-state index >= 15 is 0 Å². The second kappa shape index (κ2) is 4.06. The van der Waals surface area contributed by atoms with Gasteiger partial charge in [0.1, 0.15) is 5.69 Å². The first-order valence-corrected chi connectivity index (χ1v) is 5.54. The summed E-state index contributed by atoms with van der Waals surface area (Å²) in [6.07, 6.45) is 3.44. The van der Waals surface area contributed by atoms with Gasteiger partial charge in [-0.05, 0) is 6.26 Å². The zero-order valence-electron chi connectivity index (χ0n) is 7.82. The highest BCUT2D eigenvalue weighted by Gasteiger charge is 2.17. The molecule has 14 heavy (non-hydrogen) atoms. The largest absolute Gasteiger partial charge is 0.376 e. The first-order chi connectivity index (χ1) is 6.85. The highest BCUT2D eigenvalue weighted by molar-refractivity contribution is 7.98. The number of thioether (sulfide) groups is 1. The topological polar surface area (TPSA) is 52.1 Å². The fraction of sp³-hybridized carbons (Fsp3) is 0.444. The lowest BCUT2D eigenvalue weighted by atomic mass is 10.1. The maximum Gasteiger partial charge on any atom is 0.188 e. The molecule has 0 radical (unpaired) electrons. The number of fused-ring (bicyclic) bond motifs is 1. The van der Waals surface area contributed by atoms with Gasteiger partial charge in [-0.2, -0.15) is 0 Å². The van der Waals surface area contributed by atoms with E-state index in [4.69, 9.17) is 4.74 Å². The molecule has 1 aromatic heterocycles. The van der Waals surface area contributed by atoms with Gasteiger partial charge < -0.3 is 4.74 Å². The Kier molecular flexibility index (Phi) is 2.79. The Balaban J connectivity index is 2.52. The van der Waals surface area contributed by atoms with Crippen LogP contribution < -0.4 is 0 Å². The Morgan fingerprint density at radius 3 is 3.07 bits per heavy atom. The maximum absolute atomic E-state index is 10.8. The summed E-state index contributed by atoms with van der Waals surface area (Å²) in [7, 11) is 0. The van der Waals surface area contributed by atoms with Crippen molar-refractivity contribution in [3.05, 3.63) is 17.0 Å². The van der Waals surface area contributed by atoms with Crippen LogP contribution in [-0.2, 0) is 17.8 Å². The third-order valence-corrected chi connectivity index (χ3v) is 2.68. The van der Waals surface area contributed by atoms with E-state index in [0.717, 1.165) is 24.0 Å². The second-order valence-electron chi connectivity index (χ2n) is 2.94. The van der Waals surface area contributed by atoms with Gasteiger partial charge in [0, 0.05) is 12.0 Å². The van der Waals surface area contributed by atoms with E-state index in [9.17, 15) is 4.79 Å². The first kappa shape index (κ1) is 9.61. The lowest BCUT2D eigenvalue weighted by Crippen LogP contribution is -2.16. The first-order valence-electron chi connectivity index (χ1n) is 4.32. The van der Waals surface area contributed by atoms with Crippen molar-refractivity contribution in [3.63, 3.8) is 0 Å². The third kappa shape index (κ3) is 1.65. The van der Waals surface area contributed by atoms with Gasteiger partial charge in [0.2, 0.25) is 0 Å². The predicted molar refractivity (Wildman–Crippen MR) is 52.6 cm³/mol. The van der Waals surface area contributed by atoms with Gasteiger partial charge >= 0.3 is 0 Å². The molecule has 74 valence electrons. The van der Waals surface area contributed by atoms with Crippen molar-refractivity contribution < 1.29 is 9.53 Å². The van der Waals surface area contributed by atoms with Gasteiger partial charge in [-0.15, -0.1) is 0 Å². The van der Waals surface area contributed by atoms with Crippen molar-refractivity contribution >= 4 is 18.0 Å². The van der Waals surface area contributed by atoms with Crippen LogP contribution in [0.1, 0.15) is 21.7 Å². The molecular weight excluding hydrogens is 200 g/mol. The lowest BCUT2D eigenvalue weighted by molar-refractivity contribution is 0.103. The van der Waals surface area contributed by atoms with Crippen LogP contribution in [0.25, 0.3) is 0 Å². The molecule has 0 fully saturated rings. The Bertz CT molecular complexity index is 368. The molecule has 5 heteroatoms. The summed E-state index contributed by atoms with van der Waals surface area (Å²) in [5.74, 6) is 0. The minimum absolute atomic E-state index is 0.456. The van der Waals surface area contributed by atoms with E-state index in [-0.39, 0.29) is 0 Å². The number of nitrogens with zero attached hydrogens (tertiary/aromatic N) is 2. The molecule has 0 spiro atoms. The fourth-order valence-corrected chi connectivity index (χ4v) is 1.81. The van der Waals surface area contributed by atoms with Crippen LogP contribution in [0.4, 0.5) is 0 Å². The predicted octanol–water partition coefficient (Wildman–Crippen LogP) is 1.08. The molecule has 0 saturated carbocycles. The molecule has 0 bridgehead atoms. The Labute approximate surface area is 86.1 Å². The van der Waals surface area contributed by atoms with E-state index < -0.39 is 0 Å². The molecule has 4 nitrogen and oxygen atoms in total. The van der Waals surface area contributed by atoms with Crippen LogP contribution in [0.2, 0.25) is 0 Å². The molecule has 2 heterocycles. The number of carbonyl (C=O) groups is 1. The number of rotatable bonds is 2. The fourth-order valence-electron chi connectivity index (χ4n) is 1.42. The van der Waals surface area contributed by atoms with Gasteiger partial charge in [0.25, 0.3) is 0 Å². The van der Waals surface area contributed by atoms with Crippen molar-refractivity contribution in [3.8, 4) is 0 Å². The second-order valence-corrected chi connectivity index (χ2v) is 3.71. The van der Waals surface area contributed by atoms with Crippen LogP contribution in [-0.4, -0.2) is 29.1 Å². The number of aldehydes is 1. The summed E-state index contributed by atoms with van der Waals surface area (Å²) in [5.41, 5.74) is 2.28. The number of hydrogen-bond acceptors (Lipinski definition) is 5. The summed E-state index contributed by atoms with van der Waals surface area (Å²) in [6.45, 7) is 1.13. The Hall–Kier alpha value is -0.940. The Morgan fingerprint density at radius 1 is 1.50 bits per heavy atom. The summed E-state index contributed by atoms with van der Waals surface area (Å²) >= 11 is 1.45. The van der Waals surface area contributed by atoms with Crippen LogP contribution in [0.15, 0.2) is 5.16 Å². The van der Waals surface area contributed by atoms with Crippen LogP contribution in [0.3, 0.4) is 0 Å². The third-order valence-electron chi connectivity index (χ3n) is 2.13. The highest BCUT2D eigenvalue weighted by Crippen LogP contribution is 2.20. The summed E-state index contributed by atoms with van der Waals surface area (Å²) in [6, 6.07) is 0. The molecular formula is C9H10N2O2S. The summed E-state index contributed by atoms with van der Waals surface area (Å²) in [5, 5.41) is 0.660. The highest BCUT2D eigenvalue weighted by atomic mass is 32.2. The minimum atomic E-state index is 0.456. The van der Waals surface area contributed by atoms with E-state index in [2.05, 4.69) is 9.97 Å². The molecule has 0 unspecified atom stereocenters. The van der Waals surface area contributed by atoms with Gasteiger partial charge in [-0.1, -0.05) is 11.8 Å². The zero-order valence-corrected chi connectivity index (χ0v) is 8.63. The van der Waals surface area contributed by atoms with Crippen LogP contribution >= 0.6 is 11.8 Å². The zero-order chi connectivity index (χ0) is 9.97. The quantitative estimate of drug-likeness (QED) is 0.415. The van der Waals surface area contributed by atoms with Crippen LogP contribution in [0, 0.1) is 0 Å². The normalized spacial score (nSPS) is 14.9. The van der Waals surface area contributed by atoms with Gasteiger partial charge in [-0.3, -0.25) is 4.79 Å². The van der Waals surface area contributed by atoms with E-state index in [1.54, 1.807) is 0 Å². The molecule has 0 atom stereocenters. The molecule has 0 aliphatic carbocycles. The summed E-state index contributed by atoms with van der Waals surface area (Å²) < 4.78 is 5.27. The van der Waals surface area contributed by atoms with Crippen molar-refractivity contribution in [1.29, 1.82) is 0 Å². The molecule has 0 amide bonds. The SMILES string of the molecule is CSc1nc(C=O)c2c(n1)CCOC2. The minimum Gasteiger partial charge on any atom is -0.376 e. The van der Waals surface area contributed by atoms with Gasteiger partial charge in [0.05, 0.1) is 18.9 Å². The standard InChI is InChI=1S/C9H10N2O2S/c1-14-9-10-7-2-3-13-5-6(7)8(4-12)11-9/h4H,2-3,5H2,1H3. The van der Waals surface area contributed by atoms with Crippen molar-refractivity contribution in [1.82, 2.24) is 9.97 Å². The van der Waals surface area contributed by atoms with Crippen LogP contribution in [0.5, 0.6) is 0 Å². The molecule has 1 aliphatic rings. The number of ether oxygens (including phenoxy) is 1. The lowest BCUT2D eigenvalue weighted by Gasteiger charge is -2.16. The van der Waals surface area contributed by atoms with E-state index in [0.29, 0.717) is 24.1 Å². The van der Waals surface area contributed by atoms with E-state index in [1.165, 1.54) is 11.8 Å². The molecule has 0 saturated heterocycles. The van der Waals surface area contributed by atoms with Gasteiger partial charge in [0.15, 0.2) is 11.4 Å². The molecule has 1 aromatic rings. The van der Waals surface area contributed by atoms with Crippen molar-refractivity contribution in [2.45, 2.75) is 18.2 Å². The monoisotopic (exact) mass is 210 g/mol. The molecule has 2 rings (SSSR count). The molecule has 1 aliphatic heterocycles. The van der Waals surface area contributed by atoms with Gasteiger partial charge in [-0.25, -0.2) is 9.97 Å². The average Bonchev–Trinajstić information content (AvgIpc) is 2.27. The number of carbonyl (C=O) groups excluding carboxylic acids is 1. The van der Waals surface area contributed by atoms with E-state index in [1.807, 2.05) is 6.26 Å². The van der Waals surface area contributed by atoms with Crippen molar-refractivity contribution in [2.75, 3.05) is 12.9 Å². The molecule has 0 N–H and O–H groups in total. The summed E-state index contributed by atoms with van der Waals surface area (Å²) in [4.78, 5) is 19.3. The number of hydrogen-bond donors (Lipinski definition) is 0. The maximum atomic E-state index is 10.8. The number of aromatic nitrogens is 2. The average molecular weight is 210 g/mol.